The second-order valence-corrected chi connectivity index (χ2v) is 12.0. The summed E-state index contributed by atoms with van der Waals surface area (Å²) in [5.41, 5.74) is 2.18. The molecule has 3 aliphatic heterocycles. The maximum atomic E-state index is 14.2. The van der Waals surface area contributed by atoms with Gasteiger partial charge >= 0.3 is 0 Å². The molecule has 1 saturated heterocycles. The lowest BCUT2D eigenvalue weighted by atomic mass is 9.77. The Labute approximate surface area is 207 Å². The highest BCUT2D eigenvalue weighted by molar-refractivity contribution is 7.89. The summed E-state index contributed by atoms with van der Waals surface area (Å²) in [6, 6.07) is 11.2. The zero-order valence-corrected chi connectivity index (χ0v) is 20.8. The number of piperidine rings is 1. The van der Waals surface area contributed by atoms with E-state index in [9.17, 15) is 13.2 Å². The molecule has 8 heteroatoms. The van der Waals surface area contributed by atoms with Crippen LogP contribution in [0.2, 0.25) is 0 Å². The number of hydrogen-bond acceptors (Lipinski definition) is 5. The fourth-order valence-corrected chi connectivity index (χ4v) is 7.78. The zero-order valence-electron chi connectivity index (χ0n) is 20.0. The quantitative estimate of drug-likeness (QED) is 0.639. The van der Waals surface area contributed by atoms with Gasteiger partial charge in [0.25, 0.3) is 0 Å². The third kappa shape index (κ3) is 3.82. The standard InChI is InChI=1S/C27H32N2O5S/c30-26(27(11-2-3-12-27)21-6-9-24-25(19-21)34-17-16-33-24)29-15-10-20-18-22(7-8-23(20)29)35(31,32)28-13-4-1-5-14-28/h6-9,18-19H,1-5,10-17H2. The normalized spacial score (nSPS) is 21.7. The molecular weight excluding hydrogens is 464 g/mol. The van der Waals surface area contributed by atoms with Gasteiger partial charge in [0.05, 0.1) is 10.3 Å². The van der Waals surface area contributed by atoms with Crippen molar-refractivity contribution < 1.29 is 22.7 Å². The molecule has 7 nitrogen and oxygen atoms in total. The second-order valence-electron chi connectivity index (χ2n) is 10.1. The van der Waals surface area contributed by atoms with Crippen molar-refractivity contribution in [1.29, 1.82) is 0 Å². The number of carbonyl (C=O) groups excluding carboxylic acids is 1. The molecule has 3 heterocycles. The Kier molecular flexibility index (Phi) is 5.76. The molecule has 1 saturated carbocycles. The van der Waals surface area contributed by atoms with E-state index in [0.29, 0.717) is 49.9 Å². The molecule has 4 aliphatic rings. The number of nitrogens with zero attached hydrogens (tertiary/aromatic N) is 2. The Morgan fingerprint density at radius 2 is 1.57 bits per heavy atom. The number of benzene rings is 2. The van der Waals surface area contributed by atoms with E-state index in [-0.39, 0.29) is 5.91 Å². The van der Waals surface area contributed by atoms with Crippen molar-refractivity contribution in [3.05, 3.63) is 47.5 Å². The van der Waals surface area contributed by atoms with Crippen LogP contribution in [0.25, 0.3) is 0 Å². The van der Waals surface area contributed by atoms with Gasteiger partial charge in [-0.15, -0.1) is 0 Å². The molecule has 0 radical (unpaired) electrons. The molecular formula is C27H32N2O5S. The van der Waals surface area contributed by atoms with Crippen LogP contribution in [0.15, 0.2) is 41.3 Å². The van der Waals surface area contributed by atoms with E-state index in [0.717, 1.165) is 67.5 Å². The number of anilines is 1. The van der Waals surface area contributed by atoms with Crippen LogP contribution in [0.5, 0.6) is 11.5 Å². The van der Waals surface area contributed by atoms with Crippen molar-refractivity contribution in [3.8, 4) is 11.5 Å². The van der Waals surface area contributed by atoms with Gasteiger partial charge in [0, 0.05) is 25.3 Å². The molecule has 186 valence electrons. The molecule has 0 atom stereocenters. The Hall–Kier alpha value is -2.58. The Balaban J connectivity index is 1.31. The van der Waals surface area contributed by atoms with Gasteiger partial charge < -0.3 is 14.4 Å². The lowest BCUT2D eigenvalue weighted by Gasteiger charge is -2.34. The van der Waals surface area contributed by atoms with E-state index in [2.05, 4.69) is 0 Å². The molecule has 0 spiro atoms. The Morgan fingerprint density at radius 3 is 2.34 bits per heavy atom. The summed E-state index contributed by atoms with van der Waals surface area (Å²) >= 11 is 0. The van der Waals surface area contributed by atoms with Gasteiger partial charge in [-0.05, 0) is 73.6 Å². The van der Waals surface area contributed by atoms with Crippen LogP contribution in [-0.4, -0.2) is 51.5 Å². The first kappa shape index (κ1) is 22.9. The number of hydrogen-bond donors (Lipinski definition) is 0. The number of fused-ring (bicyclic) bond motifs is 2. The molecule has 1 amide bonds. The molecule has 0 N–H and O–H groups in total. The highest BCUT2D eigenvalue weighted by Crippen LogP contribution is 2.47. The largest absolute Gasteiger partial charge is 0.486 e. The van der Waals surface area contributed by atoms with Crippen molar-refractivity contribution in [1.82, 2.24) is 4.31 Å². The van der Waals surface area contributed by atoms with Crippen LogP contribution in [0.4, 0.5) is 5.69 Å². The topological polar surface area (TPSA) is 76.2 Å². The summed E-state index contributed by atoms with van der Waals surface area (Å²) in [4.78, 5) is 16.4. The van der Waals surface area contributed by atoms with Gasteiger partial charge in [0.1, 0.15) is 13.2 Å². The van der Waals surface area contributed by atoms with Crippen molar-refractivity contribution in [2.24, 2.45) is 0 Å². The summed E-state index contributed by atoms with van der Waals surface area (Å²) < 4.78 is 39.5. The summed E-state index contributed by atoms with van der Waals surface area (Å²) in [5, 5.41) is 0. The van der Waals surface area contributed by atoms with Crippen molar-refractivity contribution in [2.75, 3.05) is 37.7 Å². The van der Waals surface area contributed by atoms with Crippen LogP contribution in [0.1, 0.15) is 56.1 Å². The van der Waals surface area contributed by atoms with E-state index in [1.54, 1.807) is 16.4 Å². The predicted octanol–water partition coefficient (Wildman–Crippen LogP) is 4.03. The minimum absolute atomic E-state index is 0.108. The van der Waals surface area contributed by atoms with E-state index in [1.807, 2.05) is 29.2 Å². The second kappa shape index (κ2) is 8.82. The summed E-state index contributed by atoms with van der Waals surface area (Å²) in [5.74, 6) is 1.55. The summed E-state index contributed by atoms with van der Waals surface area (Å²) in [6.45, 7) is 2.80. The number of carbonyl (C=O) groups is 1. The third-order valence-corrected chi connectivity index (χ3v) is 10.0. The molecule has 0 bridgehead atoms. The molecule has 35 heavy (non-hydrogen) atoms. The summed E-state index contributed by atoms with van der Waals surface area (Å²) in [6.07, 6.45) is 7.20. The summed E-state index contributed by atoms with van der Waals surface area (Å²) in [7, 11) is -3.50. The Morgan fingerprint density at radius 1 is 0.829 bits per heavy atom. The first-order chi connectivity index (χ1) is 17.0. The van der Waals surface area contributed by atoms with Crippen molar-refractivity contribution >= 4 is 21.6 Å². The molecule has 6 rings (SSSR count). The molecule has 2 aromatic rings. The highest BCUT2D eigenvalue weighted by Gasteiger charge is 2.47. The van der Waals surface area contributed by atoms with Crippen LogP contribution in [-0.2, 0) is 26.7 Å². The van der Waals surface area contributed by atoms with Crippen LogP contribution >= 0.6 is 0 Å². The van der Waals surface area contributed by atoms with Gasteiger partial charge in [-0.25, -0.2) is 8.42 Å². The predicted molar refractivity (Wildman–Crippen MR) is 133 cm³/mol. The molecule has 1 aliphatic carbocycles. The van der Waals surface area contributed by atoms with Crippen LogP contribution in [0, 0.1) is 0 Å². The van der Waals surface area contributed by atoms with Gasteiger partial charge in [0.15, 0.2) is 11.5 Å². The number of ether oxygens (including phenoxy) is 2. The third-order valence-electron chi connectivity index (χ3n) is 8.11. The fraction of sp³-hybridized carbons (Fsp3) is 0.519. The lowest BCUT2D eigenvalue weighted by molar-refractivity contribution is -0.123. The van der Waals surface area contributed by atoms with Crippen molar-refractivity contribution in [2.45, 2.75) is 61.7 Å². The number of rotatable bonds is 4. The highest BCUT2D eigenvalue weighted by atomic mass is 32.2. The lowest BCUT2D eigenvalue weighted by Crippen LogP contribution is -2.45. The van der Waals surface area contributed by atoms with Crippen molar-refractivity contribution in [3.63, 3.8) is 0 Å². The Bertz CT molecular complexity index is 1250. The molecule has 0 unspecified atom stereocenters. The van der Waals surface area contributed by atoms with Gasteiger partial charge in [-0.2, -0.15) is 4.31 Å². The SMILES string of the molecule is O=C(N1CCc2cc(S(=O)(=O)N3CCCCC3)ccc21)C1(c2ccc3c(c2)OCCO3)CCCC1. The maximum Gasteiger partial charge on any atom is 0.243 e. The van der Waals surface area contributed by atoms with E-state index in [4.69, 9.17) is 9.47 Å². The monoisotopic (exact) mass is 496 g/mol. The average molecular weight is 497 g/mol. The minimum Gasteiger partial charge on any atom is -0.486 e. The van der Waals surface area contributed by atoms with E-state index in [1.165, 1.54) is 0 Å². The number of amides is 1. The van der Waals surface area contributed by atoms with Crippen LogP contribution in [0.3, 0.4) is 0 Å². The average Bonchev–Trinajstić information content (AvgIpc) is 3.56. The van der Waals surface area contributed by atoms with E-state index < -0.39 is 15.4 Å². The number of sulfonamides is 1. The first-order valence-electron chi connectivity index (χ1n) is 12.8. The fourth-order valence-electron chi connectivity index (χ4n) is 6.21. The minimum atomic E-state index is -3.50. The van der Waals surface area contributed by atoms with Gasteiger partial charge in [0.2, 0.25) is 15.9 Å². The molecule has 2 fully saturated rings. The van der Waals surface area contributed by atoms with Gasteiger partial charge in [-0.1, -0.05) is 25.3 Å². The van der Waals surface area contributed by atoms with Crippen LogP contribution < -0.4 is 14.4 Å². The zero-order chi connectivity index (χ0) is 24.0. The maximum absolute atomic E-state index is 14.2. The first-order valence-corrected chi connectivity index (χ1v) is 14.3. The molecule has 2 aromatic carbocycles. The smallest absolute Gasteiger partial charge is 0.243 e. The van der Waals surface area contributed by atoms with Gasteiger partial charge in [-0.3, -0.25) is 4.79 Å². The molecule has 0 aromatic heterocycles. The van der Waals surface area contributed by atoms with E-state index >= 15 is 0 Å².